The van der Waals surface area contributed by atoms with Crippen LogP contribution in [0.25, 0.3) is 22.0 Å². The zero-order chi connectivity index (χ0) is 24.0. The minimum atomic E-state index is -3.16. The number of carbonyl (C=O) groups is 1. The van der Waals surface area contributed by atoms with Crippen molar-refractivity contribution in [1.82, 2.24) is 19.3 Å². The second kappa shape index (κ2) is 8.99. The van der Waals surface area contributed by atoms with E-state index in [1.165, 1.54) is 28.8 Å². The lowest BCUT2D eigenvalue weighted by molar-refractivity contribution is -0.114. The molecule has 3 heterocycles. The van der Waals surface area contributed by atoms with Crippen molar-refractivity contribution in [3.05, 3.63) is 46.2 Å². The van der Waals surface area contributed by atoms with Crippen LogP contribution in [0, 0.1) is 0 Å². The fourth-order valence-electron chi connectivity index (χ4n) is 4.57. The zero-order valence-corrected chi connectivity index (χ0v) is 21.2. The van der Waals surface area contributed by atoms with E-state index in [2.05, 4.69) is 15.3 Å². The Morgan fingerprint density at radius 2 is 1.97 bits per heavy atom. The van der Waals surface area contributed by atoms with Gasteiger partial charge >= 0.3 is 0 Å². The summed E-state index contributed by atoms with van der Waals surface area (Å²) in [4.78, 5) is 26.5. The van der Waals surface area contributed by atoms with Crippen molar-refractivity contribution < 1.29 is 13.2 Å². The number of aryl methyl sites for hydroxylation is 2. The van der Waals surface area contributed by atoms with Gasteiger partial charge in [0.1, 0.15) is 0 Å². The molecule has 1 aliphatic carbocycles. The molecule has 1 amide bonds. The highest BCUT2D eigenvalue weighted by Crippen LogP contribution is 2.40. The lowest BCUT2D eigenvalue weighted by Crippen LogP contribution is -2.37. The number of nitrogens with one attached hydrogen (secondary N) is 1. The molecule has 8 nitrogen and oxygen atoms in total. The summed E-state index contributed by atoms with van der Waals surface area (Å²) in [6.07, 6.45) is 6.20. The molecule has 178 valence electrons. The predicted octanol–water partition coefficient (Wildman–Crippen LogP) is 4.12. The quantitative estimate of drug-likeness (QED) is 0.558. The SMILES string of the molecule is CC(=O)Nc1nc2c(s1)-c1nc(-c3cc(C4CCN(S(C)(=O)=O)CC4)ccc3Cl)ncc1CC2. The van der Waals surface area contributed by atoms with E-state index in [0.717, 1.165) is 58.6 Å². The number of thiazole rings is 1. The van der Waals surface area contributed by atoms with Crippen molar-refractivity contribution in [3.8, 4) is 22.0 Å². The highest BCUT2D eigenvalue weighted by atomic mass is 35.5. The molecule has 3 aromatic rings. The zero-order valence-electron chi connectivity index (χ0n) is 18.8. The molecule has 2 aromatic heterocycles. The number of carbonyl (C=O) groups excluding carboxylic acids is 1. The molecule has 1 N–H and O–H groups in total. The molecule has 1 aromatic carbocycles. The van der Waals surface area contributed by atoms with Crippen LogP contribution in [-0.4, -0.2) is 52.9 Å². The number of fused-ring (bicyclic) bond motifs is 3. The molecule has 11 heteroatoms. The van der Waals surface area contributed by atoms with Gasteiger partial charge in [-0.15, -0.1) is 0 Å². The van der Waals surface area contributed by atoms with Crippen molar-refractivity contribution in [1.29, 1.82) is 0 Å². The summed E-state index contributed by atoms with van der Waals surface area (Å²) in [5.74, 6) is 0.641. The second-order valence-electron chi connectivity index (χ2n) is 8.72. The minimum Gasteiger partial charge on any atom is -0.302 e. The lowest BCUT2D eigenvalue weighted by Gasteiger charge is -2.30. The van der Waals surface area contributed by atoms with Crippen LogP contribution in [0.15, 0.2) is 24.4 Å². The molecule has 2 aliphatic rings. The fourth-order valence-corrected chi connectivity index (χ4v) is 6.73. The fraction of sp³-hybridized carbons (Fsp3) is 0.391. The van der Waals surface area contributed by atoms with Gasteiger partial charge in [-0.3, -0.25) is 4.79 Å². The van der Waals surface area contributed by atoms with Gasteiger partial charge in [-0.05, 0) is 54.9 Å². The van der Waals surface area contributed by atoms with E-state index >= 15 is 0 Å². The number of hydrogen-bond acceptors (Lipinski definition) is 7. The van der Waals surface area contributed by atoms with Gasteiger partial charge in [0, 0.05) is 31.8 Å². The average molecular weight is 518 g/mol. The molecule has 0 bridgehead atoms. The average Bonchev–Trinajstić information content (AvgIpc) is 3.21. The standard InChI is InChI=1S/C23H24ClN5O3S2/c1-13(30)26-23-27-19-6-4-16-12-25-22(28-20(16)21(19)33-23)17-11-15(3-5-18(17)24)14-7-9-29(10-8-14)34(2,31)32/h3,5,11-12,14H,4,6-10H2,1-2H3,(H,26,27,30). The van der Waals surface area contributed by atoms with Gasteiger partial charge in [0.25, 0.3) is 0 Å². The van der Waals surface area contributed by atoms with Crippen LogP contribution in [0.4, 0.5) is 5.13 Å². The van der Waals surface area contributed by atoms with Crippen LogP contribution in [0.5, 0.6) is 0 Å². The highest BCUT2D eigenvalue weighted by molar-refractivity contribution is 7.88. The first-order valence-electron chi connectivity index (χ1n) is 11.1. The first kappa shape index (κ1) is 23.3. The summed E-state index contributed by atoms with van der Waals surface area (Å²) in [7, 11) is -3.16. The summed E-state index contributed by atoms with van der Waals surface area (Å²) < 4.78 is 25.2. The number of benzene rings is 1. The number of aromatic nitrogens is 3. The Morgan fingerprint density at radius 3 is 2.68 bits per heavy atom. The van der Waals surface area contributed by atoms with E-state index in [4.69, 9.17) is 16.6 Å². The maximum absolute atomic E-state index is 11.8. The first-order valence-corrected chi connectivity index (χ1v) is 14.1. The van der Waals surface area contributed by atoms with Crippen molar-refractivity contribution >= 4 is 44.0 Å². The van der Waals surface area contributed by atoms with Gasteiger partial charge in [0.15, 0.2) is 11.0 Å². The molecule has 34 heavy (non-hydrogen) atoms. The number of nitrogens with zero attached hydrogens (tertiary/aromatic N) is 4. The van der Waals surface area contributed by atoms with E-state index < -0.39 is 10.0 Å². The molecule has 5 rings (SSSR count). The normalized spacial score (nSPS) is 16.7. The largest absolute Gasteiger partial charge is 0.302 e. The van der Waals surface area contributed by atoms with Gasteiger partial charge in [-0.25, -0.2) is 27.7 Å². The Labute approximate surface area is 207 Å². The molecule has 0 unspecified atom stereocenters. The Balaban J connectivity index is 1.46. The van der Waals surface area contributed by atoms with Crippen LogP contribution in [0.2, 0.25) is 5.02 Å². The molecular formula is C23H24ClN5O3S2. The van der Waals surface area contributed by atoms with Crippen molar-refractivity contribution in [3.63, 3.8) is 0 Å². The van der Waals surface area contributed by atoms with Crippen LogP contribution < -0.4 is 5.32 Å². The Bertz CT molecular complexity index is 1380. The number of halogens is 1. The van der Waals surface area contributed by atoms with Crippen LogP contribution in [0.1, 0.15) is 42.5 Å². The van der Waals surface area contributed by atoms with Crippen molar-refractivity contribution in [2.75, 3.05) is 24.7 Å². The number of amides is 1. The van der Waals surface area contributed by atoms with E-state index in [9.17, 15) is 13.2 Å². The highest BCUT2D eigenvalue weighted by Gasteiger charge is 2.27. The predicted molar refractivity (Wildman–Crippen MR) is 134 cm³/mol. The third kappa shape index (κ3) is 4.59. The molecule has 0 atom stereocenters. The van der Waals surface area contributed by atoms with Crippen molar-refractivity contribution in [2.45, 2.75) is 38.5 Å². The molecule has 0 saturated carbocycles. The third-order valence-electron chi connectivity index (χ3n) is 6.32. The Kier molecular flexibility index (Phi) is 6.18. The summed E-state index contributed by atoms with van der Waals surface area (Å²) >= 11 is 8.00. The summed E-state index contributed by atoms with van der Waals surface area (Å²) in [5.41, 5.74) is 4.69. The number of anilines is 1. The van der Waals surface area contributed by atoms with Gasteiger partial charge in [0.2, 0.25) is 15.9 Å². The molecular weight excluding hydrogens is 494 g/mol. The summed E-state index contributed by atoms with van der Waals surface area (Å²) in [6.45, 7) is 2.50. The van der Waals surface area contributed by atoms with Gasteiger partial charge < -0.3 is 5.32 Å². The van der Waals surface area contributed by atoms with Crippen LogP contribution >= 0.6 is 22.9 Å². The number of sulfonamides is 1. The smallest absolute Gasteiger partial charge is 0.223 e. The topological polar surface area (TPSA) is 105 Å². The lowest BCUT2D eigenvalue weighted by atomic mass is 9.89. The molecule has 1 aliphatic heterocycles. The van der Waals surface area contributed by atoms with Crippen LogP contribution in [0.3, 0.4) is 0 Å². The molecule has 0 spiro atoms. The maximum Gasteiger partial charge on any atom is 0.223 e. The van der Waals surface area contributed by atoms with E-state index in [1.807, 2.05) is 24.4 Å². The molecule has 1 fully saturated rings. The monoisotopic (exact) mass is 517 g/mol. The third-order valence-corrected chi connectivity index (χ3v) is 8.97. The number of hydrogen-bond donors (Lipinski definition) is 1. The minimum absolute atomic E-state index is 0.152. The Hall–Kier alpha value is -2.40. The maximum atomic E-state index is 11.8. The van der Waals surface area contributed by atoms with Gasteiger partial charge in [-0.2, -0.15) is 0 Å². The van der Waals surface area contributed by atoms with E-state index in [-0.39, 0.29) is 11.8 Å². The van der Waals surface area contributed by atoms with E-state index in [0.29, 0.717) is 29.1 Å². The first-order chi connectivity index (χ1) is 16.2. The van der Waals surface area contributed by atoms with Gasteiger partial charge in [0.05, 0.1) is 27.5 Å². The van der Waals surface area contributed by atoms with Gasteiger partial charge in [-0.1, -0.05) is 29.0 Å². The Morgan fingerprint density at radius 1 is 1.21 bits per heavy atom. The second-order valence-corrected chi connectivity index (χ2v) is 12.1. The van der Waals surface area contributed by atoms with Crippen molar-refractivity contribution in [2.24, 2.45) is 0 Å². The summed E-state index contributed by atoms with van der Waals surface area (Å²) in [6, 6.07) is 5.90. The molecule has 1 saturated heterocycles. The summed E-state index contributed by atoms with van der Waals surface area (Å²) in [5, 5.41) is 3.91. The molecule has 0 radical (unpaired) electrons. The number of rotatable bonds is 4. The van der Waals surface area contributed by atoms with E-state index in [1.54, 1.807) is 0 Å². The number of piperidine rings is 1. The van der Waals surface area contributed by atoms with Crippen LogP contribution in [-0.2, 0) is 27.7 Å².